The Hall–Kier alpha value is -2.36. The van der Waals surface area contributed by atoms with E-state index in [-0.39, 0.29) is 11.3 Å². The molecule has 1 heterocycles. The van der Waals surface area contributed by atoms with Crippen molar-refractivity contribution in [3.63, 3.8) is 0 Å². The molecule has 0 radical (unpaired) electrons. The standard InChI is InChI=1S/C19H25N3O/c1-13(2)11-18(23)20-17-12-16(19(4,5)6)21-22(17)15-9-7-14(3)8-10-15/h7-12H,1-6H3,(H,20,23). The fourth-order valence-corrected chi connectivity index (χ4v) is 2.14. The van der Waals surface area contributed by atoms with Crippen molar-refractivity contribution in [1.82, 2.24) is 9.78 Å². The first kappa shape index (κ1) is 17.0. The number of rotatable bonds is 3. The Balaban J connectivity index is 2.46. The molecule has 0 aliphatic carbocycles. The summed E-state index contributed by atoms with van der Waals surface area (Å²) in [6, 6.07) is 10.0. The molecule has 23 heavy (non-hydrogen) atoms. The molecule has 0 aliphatic rings. The van der Waals surface area contributed by atoms with E-state index in [0.717, 1.165) is 17.0 Å². The number of nitrogens with zero attached hydrogens (tertiary/aromatic N) is 2. The number of aryl methyl sites for hydroxylation is 1. The van der Waals surface area contributed by atoms with Gasteiger partial charge in [-0.05, 0) is 32.9 Å². The van der Waals surface area contributed by atoms with Crippen LogP contribution in [0.5, 0.6) is 0 Å². The molecule has 0 fully saturated rings. The third-order valence-corrected chi connectivity index (χ3v) is 3.43. The van der Waals surface area contributed by atoms with Crippen LogP contribution in [-0.2, 0) is 10.2 Å². The van der Waals surface area contributed by atoms with Crippen LogP contribution in [0, 0.1) is 6.92 Å². The van der Waals surface area contributed by atoms with Gasteiger partial charge in [-0.15, -0.1) is 0 Å². The number of nitrogens with one attached hydrogen (secondary N) is 1. The van der Waals surface area contributed by atoms with E-state index < -0.39 is 0 Å². The van der Waals surface area contributed by atoms with Crippen molar-refractivity contribution >= 4 is 11.7 Å². The van der Waals surface area contributed by atoms with Crippen molar-refractivity contribution in [2.75, 3.05) is 5.32 Å². The van der Waals surface area contributed by atoms with Gasteiger partial charge in [0, 0.05) is 17.6 Å². The monoisotopic (exact) mass is 311 g/mol. The van der Waals surface area contributed by atoms with Crippen molar-refractivity contribution in [3.8, 4) is 5.69 Å². The Kier molecular flexibility index (Phi) is 4.73. The zero-order chi connectivity index (χ0) is 17.2. The van der Waals surface area contributed by atoms with Gasteiger partial charge in [-0.3, -0.25) is 4.79 Å². The van der Waals surface area contributed by atoms with E-state index >= 15 is 0 Å². The van der Waals surface area contributed by atoms with Crippen LogP contribution in [0.3, 0.4) is 0 Å². The highest BCUT2D eigenvalue weighted by Gasteiger charge is 2.21. The summed E-state index contributed by atoms with van der Waals surface area (Å²) < 4.78 is 1.79. The fourth-order valence-electron chi connectivity index (χ4n) is 2.14. The minimum atomic E-state index is -0.140. The third-order valence-electron chi connectivity index (χ3n) is 3.43. The van der Waals surface area contributed by atoms with E-state index in [4.69, 9.17) is 5.10 Å². The van der Waals surface area contributed by atoms with Gasteiger partial charge in [0.05, 0.1) is 11.4 Å². The predicted octanol–water partition coefficient (Wildman–Crippen LogP) is 4.38. The maximum Gasteiger partial charge on any atom is 0.249 e. The van der Waals surface area contributed by atoms with Gasteiger partial charge in [0.15, 0.2) is 0 Å². The summed E-state index contributed by atoms with van der Waals surface area (Å²) >= 11 is 0. The zero-order valence-electron chi connectivity index (χ0n) is 14.8. The second-order valence-corrected chi connectivity index (χ2v) is 7.12. The van der Waals surface area contributed by atoms with Crippen LogP contribution in [0.1, 0.15) is 45.9 Å². The quantitative estimate of drug-likeness (QED) is 0.855. The van der Waals surface area contributed by atoms with Gasteiger partial charge in [0.1, 0.15) is 5.82 Å². The van der Waals surface area contributed by atoms with E-state index in [9.17, 15) is 4.79 Å². The van der Waals surface area contributed by atoms with Crippen molar-refractivity contribution in [2.24, 2.45) is 0 Å². The van der Waals surface area contributed by atoms with Gasteiger partial charge in [-0.2, -0.15) is 5.10 Å². The lowest BCUT2D eigenvalue weighted by Gasteiger charge is -2.14. The summed E-state index contributed by atoms with van der Waals surface area (Å²) in [5.41, 5.74) is 3.92. The fraction of sp³-hybridized carbons (Fsp3) is 0.368. The van der Waals surface area contributed by atoms with E-state index in [1.807, 2.05) is 51.1 Å². The first-order valence-corrected chi connectivity index (χ1v) is 7.80. The van der Waals surface area contributed by atoms with Crippen LogP contribution < -0.4 is 5.32 Å². The molecular weight excluding hydrogens is 286 g/mol. The topological polar surface area (TPSA) is 46.9 Å². The number of benzene rings is 1. The maximum atomic E-state index is 12.1. The number of hydrogen-bond donors (Lipinski definition) is 1. The van der Waals surface area contributed by atoms with E-state index in [1.54, 1.807) is 10.8 Å². The van der Waals surface area contributed by atoms with E-state index in [0.29, 0.717) is 5.82 Å². The largest absolute Gasteiger partial charge is 0.307 e. The molecular formula is C19H25N3O. The molecule has 0 atom stereocenters. The van der Waals surface area contributed by atoms with Crippen LogP contribution >= 0.6 is 0 Å². The van der Waals surface area contributed by atoms with Crippen molar-refractivity contribution < 1.29 is 4.79 Å². The second-order valence-electron chi connectivity index (χ2n) is 7.12. The van der Waals surface area contributed by atoms with E-state index in [1.165, 1.54) is 5.56 Å². The van der Waals surface area contributed by atoms with Crippen LogP contribution in [0.4, 0.5) is 5.82 Å². The highest BCUT2D eigenvalue weighted by molar-refractivity contribution is 5.99. The molecule has 0 saturated heterocycles. The molecule has 1 aromatic carbocycles. The van der Waals surface area contributed by atoms with Crippen molar-refractivity contribution in [1.29, 1.82) is 0 Å². The Labute approximate surface area is 138 Å². The molecule has 2 rings (SSSR count). The molecule has 1 amide bonds. The lowest BCUT2D eigenvalue weighted by atomic mass is 9.92. The Morgan fingerprint density at radius 1 is 1.17 bits per heavy atom. The third kappa shape index (κ3) is 4.31. The first-order valence-electron chi connectivity index (χ1n) is 7.80. The van der Waals surface area contributed by atoms with Gasteiger partial charge >= 0.3 is 0 Å². The highest BCUT2D eigenvalue weighted by Crippen LogP contribution is 2.26. The molecule has 0 spiro atoms. The Morgan fingerprint density at radius 3 is 2.30 bits per heavy atom. The smallest absolute Gasteiger partial charge is 0.249 e. The predicted molar refractivity (Wildman–Crippen MR) is 95.1 cm³/mol. The summed E-state index contributed by atoms with van der Waals surface area (Å²) in [6.45, 7) is 12.2. The van der Waals surface area contributed by atoms with Crippen LogP contribution in [0.15, 0.2) is 42.0 Å². The molecule has 1 N–H and O–H groups in total. The molecule has 0 bridgehead atoms. The number of hydrogen-bond acceptors (Lipinski definition) is 2. The molecule has 1 aromatic heterocycles. The average Bonchev–Trinajstić information content (AvgIpc) is 2.82. The van der Waals surface area contributed by atoms with Crippen LogP contribution in [0.25, 0.3) is 5.69 Å². The van der Waals surface area contributed by atoms with Gasteiger partial charge in [-0.25, -0.2) is 4.68 Å². The lowest BCUT2D eigenvalue weighted by molar-refractivity contribution is -0.112. The molecule has 2 aromatic rings. The average molecular weight is 311 g/mol. The molecule has 4 heteroatoms. The number of anilines is 1. The summed E-state index contributed by atoms with van der Waals surface area (Å²) in [5, 5.41) is 7.63. The molecule has 0 aliphatic heterocycles. The number of carbonyl (C=O) groups is 1. The SMILES string of the molecule is CC(C)=CC(=O)Nc1cc(C(C)(C)C)nn1-c1ccc(C)cc1. The van der Waals surface area contributed by atoms with Crippen LogP contribution in [-0.4, -0.2) is 15.7 Å². The van der Waals surface area contributed by atoms with Gasteiger partial charge in [0.25, 0.3) is 0 Å². The van der Waals surface area contributed by atoms with Crippen molar-refractivity contribution in [2.45, 2.75) is 47.0 Å². The first-order chi connectivity index (χ1) is 10.7. The minimum absolute atomic E-state index is 0.0913. The number of carbonyl (C=O) groups excluding carboxylic acids is 1. The molecule has 0 saturated carbocycles. The van der Waals surface area contributed by atoms with Gasteiger partial charge < -0.3 is 5.32 Å². The Bertz CT molecular complexity index is 727. The van der Waals surface area contributed by atoms with E-state index in [2.05, 4.69) is 26.1 Å². The minimum Gasteiger partial charge on any atom is -0.307 e. The van der Waals surface area contributed by atoms with Gasteiger partial charge in [-0.1, -0.05) is 44.0 Å². The normalized spacial score (nSPS) is 11.2. The molecule has 122 valence electrons. The van der Waals surface area contributed by atoms with Crippen LogP contribution in [0.2, 0.25) is 0 Å². The molecule has 0 unspecified atom stereocenters. The zero-order valence-corrected chi connectivity index (χ0v) is 14.8. The lowest BCUT2D eigenvalue weighted by Crippen LogP contribution is -2.13. The Morgan fingerprint density at radius 2 is 1.78 bits per heavy atom. The molecule has 4 nitrogen and oxygen atoms in total. The summed E-state index contributed by atoms with van der Waals surface area (Å²) in [7, 11) is 0. The van der Waals surface area contributed by atoms with Gasteiger partial charge in [0.2, 0.25) is 5.91 Å². The highest BCUT2D eigenvalue weighted by atomic mass is 16.1. The number of aromatic nitrogens is 2. The van der Waals surface area contributed by atoms with Crippen molar-refractivity contribution in [3.05, 3.63) is 53.2 Å². The summed E-state index contributed by atoms with van der Waals surface area (Å²) in [4.78, 5) is 12.1. The number of allylic oxidation sites excluding steroid dienone is 1. The maximum absolute atomic E-state index is 12.1. The summed E-state index contributed by atoms with van der Waals surface area (Å²) in [5.74, 6) is 0.542. The summed E-state index contributed by atoms with van der Waals surface area (Å²) in [6.07, 6.45) is 1.59. The second kappa shape index (κ2) is 6.41. The number of amides is 1.